The average molecular weight is 233 g/mol. The molecule has 0 aliphatic rings. The Morgan fingerprint density at radius 2 is 2.12 bits per heavy atom. The Balaban J connectivity index is 2.47. The van der Waals surface area contributed by atoms with E-state index in [1.54, 1.807) is 7.11 Å². The normalized spacial score (nSPS) is 11.0. The van der Waals surface area contributed by atoms with Gasteiger partial charge in [-0.1, -0.05) is 36.8 Å². The van der Waals surface area contributed by atoms with E-state index in [1.165, 1.54) is 11.1 Å². The Bertz CT molecular complexity index is 358. The van der Waals surface area contributed by atoms with E-state index in [0.29, 0.717) is 0 Å². The fourth-order valence-electron chi connectivity index (χ4n) is 1.76. The minimum Gasteiger partial charge on any atom is -0.496 e. The van der Waals surface area contributed by atoms with E-state index in [1.807, 2.05) is 6.07 Å². The molecule has 0 heterocycles. The van der Waals surface area contributed by atoms with Crippen LogP contribution in [0.3, 0.4) is 0 Å². The largest absolute Gasteiger partial charge is 0.496 e. The Morgan fingerprint density at radius 3 is 2.82 bits per heavy atom. The molecule has 0 saturated carbocycles. The number of hydrogen-bond donors (Lipinski definition) is 1. The molecule has 2 heteroatoms. The number of rotatable bonds is 7. The van der Waals surface area contributed by atoms with Crippen molar-refractivity contribution in [1.82, 2.24) is 5.32 Å². The van der Waals surface area contributed by atoms with Crippen LogP contribution in [0.4, 0.5) is 0 Å². The number of nitrogens with one attached hydrogen (secondary N) is 1. The van der Waals surface area contributed by atoms with Crippen LogP contribution in [0.25, 0.3) is 0 Å². The second-order valence-electron chi connectivity index (χ2n) is 4.13. The van der Waals surface area contributed by atoms with Crippen LogP contribution in [0.1, 0.15) is 24.5 Å². The van der Waals surface area contributed by atoms with Gasteiger partial charge in [0.05, 0.1) is 7.11 Å². The molecule has 0 atom stereocenters. The van der Waals surface area contributed by atoms with E-state index in [-0.39, 0.29) is 0 Å². The lowest BCUT2D eigenvalue weighted by atomic mass is 10.1. The van der Waals surface area contributed by atoms with E-state index < -0.39 is 0 Å². The molecule has 0 saturated heterocycles. The molecule has 0 aliphatic carbocycles. The van der Waals surface area contributed by atoms with Gasteiger partial charge in [0, 0.05) is 0 Å². The van der Waals surface area contributed by atoms with Gasteiger partial charge < -0.3 is 10.1 Å². The second kappa shape index (κ2) is 7.91. The van der Waals surface area contributed by atoms with E-state index in [0.717, 1.165) is 31.7 Å². The van der Waals surface area contributed by atoms with Crippen molar-refractivity contribution in [2.45, 2.75) is 26.7 Å². The standard InChI is InChI=1S/C15H23NO/c1-4-16-11-7-5-6-8-14-12-13(2)9-10-15(14)17-3/h5-6,9-10,12,16H,4,7-8,11H2,1-3H3. The Labute approximate surface area is 105 Å². The summed E-state index contributed by atoms with van der Waals surface area (Å²) < 4.78 is 5.35. The van der Waals surface area contributed by atoms with E-state index in [2.05, 4.69) is 43.4 Å². The molecule has 17 heavy (non-hydrogen) atoms. The van der Waals surface area contributed by atoms with Crippen LogP contribution in [0.15, 0.2) is 30.4 Å². The summed E-state index contributed by atoms with van der Waals surface area (Å²) >= 11 is 0. The zero-order valence-corrected chi connectivity index (χ0v) is 11.1. The summed E-state index contributed by atoms with van der Waals surface area (Å²) in [5.74, 6) is 0.979. The van der Waals surface area contributed by atoms with Crippen molar-refractivity contribution in [2.75, 3.05) is 20.2 Å². The van der Waals surface area contributed by atoms with E-state index in [4.69, 9.17) is 4.74 Å². The van der Waals surface area contributed by atoms with Crippen molar-refractivity contribution in [1.29, 1.82) is 0 Å². The maximum atomic E-state index is 5.35. The van der Waals surface area contributed by atoms with Crippen LogP contribution in [0.2, 0.25) is 0 Å². The third-order valence-electron chi connectivity index (χ3n) is 2.68. The van der Waals surface area contributed by atoms with Crippen molar-refractivity contribution in [3.63, 3.8) is 0 Å². The summed E-state index contributed by atoms with van der Waals surface area (Å²) in [6.45, 7) is 6.33. The molecule has 0 spiro atoms. The molecule has 0 bridgehead atoms. The molecule has 1 rings (SSSR count). The SMILES string of the molecule is CCNCCC=CCc1cc(C)ccc1OC. The first-order valence-corrected chi connectivity index (χ1v) is 6.27. The van der Waals surface area contributed by atoms with Gasteiger partial charge in [0.1, 0.15) is 5.75 Å². The first kappa shape index (κ1) is 13.8. The molecule has 1 aromatic rings. The lowest BCUT2D eigenvalue weighted by Crippen LogP contribution is -2.12. The smallest absolute Gasteiger partial charge is 0.122 e. The number of allylic oxidation sites excluding steroid dienone is 1. The number of hydrogen-bond acceptors (Lipinski definition) is 2. The summed E-state index contributed by atoms with van der Waals surface area (Å²) in [6, 6.07) is 6.31. The second-order valence-corrected chi connectivity index (χ2v) is 4.13. The monoisotopic (exact) mass is 233 g/mol. The minimum absolute atomic E-state index is 0.941. The molecule has 1 aromatic carbocycles. The molecular weight excluding hydrogens is 210 g/mol. The topological polar surface area (TPSA) is 21.3 Å². The van der Waals surface area contributed by atoms with Crippen molar-refractivity contribution in [2.24, 2.45) is 0 Å². The molecule has 1 N–H and O–H groups in total. The Kier molecular flexibility index (Phi) is 6.41. The number of aryl methyl sites for hydroxylation is 1. The molecule has 0 amide bonds. The van der Waals surface area contributed by atoms with Gasteiger partial charge in [-0.2, -0.15) is 0 Å². The fourth-order valence-corrected chi connectivity index (χ4v) is 1.76. The van der Waals surface area contributed by atoms with Gasteiger partial charge >= 0.3 is 0 Å². The highest BCUT2D eigenvalue weighted by atomic mass is 16.5. The molecule has 0 fully saturated rings. The summed E-state index contributed by atoms with van der Waals surface area (Å²) in [5.41, 5.74) is 2.54. The molecule has 2 nitrogen and oxygen atoms in total. The third-order valence-corrected chi connectivity index (χ3v) is 2.68. The predicted molar refractivity (Wildman–Crippen MR) is 73.7 cm³/mol. The first-order valence-electron chi connectivity index (χ1n) is 6.27. The molecule has 0 radical (unpaired) electrons. The number of benzene rings is 1. The van der Waals surface area contributed by atoms with Gasteiger partial charge in [0.15, 0.2) is 0 Å². The third kappa shape index (κ3) is 5.05. The van der Waals surface area contributed by atoms with Crippen molar-refractivity contribution < 1.29 is 4.74 Å². The van der Waals surface area contributed by atoms with Crippen molar-refractivity contribution >= 4 is 0 Å². The van der Waals surface area contributed by atoms with E-state index in [9.17, 15) is 0 Å². The molecule has 0 unspecified atom stereocenters. The van der Waals surface area contributed by atoms with Gasteiger partial charge in [-0.15, -0.1) is 0 Å². The van der Waals surface area contributed by atoms with E-state index >= 15 is 0 Å². The van der Waals surface area contributed by atoms with Crippen molar-refractivity contribution in [3.8, 4) is 5.75 Å². The van der Waals surface area contributed by atoms with Crippen LogP contribution in [0, 0.1) is 6.92 Å². The highest BCUT2D eigenvalue weighted by Crippen LogP contribution is 2.20. The number of methoxy groups -OCH3 is 1. The van der Waals surface area contributed by atoms with Crippen LogP contribution < -0.4 is 10.1 Å². The summed E-state index contributed by atoms with van der Waals surface area (Å²) in [4.78, 5) is 0. The van der Waals surface area contributed by atoms with Crippen LogP contribution in [-0.4, -0.2) is 20.2 Å². The first-order chi connectivity index (χ1) is 8.27. The lowest BCUT2D eigenvalue weighted by Gasteiger charge is -2.07. The summed E-state index contributed by atoms with van der Waals surface area (Å²) in [7, 11) is 1.73. The number of ether oxygens (including phenoxy) is 1. The van der Waals surface area contributed by atoms with Crippen LogP contribution >= 0.6 is 0 Å². The van der Waals surface area contributed by atoms with Crippen LogP contribution in [-0.2, 0) is 6.42 Å². The minimum atomic E-state index is 0.941. The zero-order chi connectivity index (χ0) is 12.5. The summed E-state index contributed by atoms with van der Waals surface area (Å²) in [5, 5.41) is 3.30. The maximum absolute atomic E-state index is 5.35. The molecule has 94 valence electrons. The lowest BCUT2D eigenvalue weighted by molar-refractivity contribution is 0.410. The Morgan fingerprint density at radius 1 is 1.29 bits per heavy atom. The van der Waals surface area contributed by atoms with Gasteiger partial charge in [-0.3, -0.25) is 0 Å². The van der Waals surface area contributed by atoms with Crippen molar-refractivity contribution in [3.05, 3.63) is 41.5 Å². The van der Waals surface area contributed by atoms with Gasteiger partial charge in [0.25, 0.3) is 0 Å². The molecule has 0 aliphatic heterocycles. The highest BCUT2D eigenvalue weighted by molar-refractivity contribution is 5.38. The van der Waals surface area contributed by atoms with Gasteiger partial charge in [0.2, 0.25) is 0 Å². The van der Waals surface area contributed by atoms with Gasteiger partial charge in [-0.25, -0.2) is 0 Å². The molecular formula is C15H23NO. The van der Waals surface area contributed by atoms with Gasteiger partial charge in [-0.05, 0) is 44.5 Å². The quantitative estimate of drug-likeness (QED) is 0.577. The summed E-state index contributed by atoms with van der Waals surface area (Å²) in [6.07, 6.45) is 6.47. The predicted octanol–water partition coefficient (Wildman–Crippen LogP) is 3.10. The highest BCUT2D eigenvalue weighted by Gasteiger charge is 2.00. The fraction of sp³-hybridized carbons (Fsp3) is 0.467. The van der Waals surface area contributed by atoms with Crippen LogP contribution in [0.5, 0.6) is 5.75 Å². The molecule has 0 aromatic heterocycles. The Hall–Kier alpha value is -1.28. The maximum Gasteiger partial charge on any atom is 0.122 e. The zero-order valence-electron chi connectivity index (χ0n) is 11.1. The average Bonchev–Trinajstić information content (AvgIpc) is 2.34.